The average molecular weight is 235 g/mol. The molecule has 86 valence electrons. The first kappa shape index (κ1) is 12.3. The fourth-order valence-electron chi connectivity index (χ4n) is 2.12. The van der Waals surface area contributed by atoms with Crippen LogP contribution in [0.15, 0.2) is 0 Å². The van der Waals surface area contributed by atoms with Gasteiger partial charge < -0.3 is 9.47 Å². The van der Waals surface area contributed by atoms with Gasteiger partial charge >= 0.3 is 11.9 Å². The second kappa shape index (κ2) is 4.84. The molecule has 0 heterocycles. The number of carbonyl (C=O) groups is 2. The number of halogens is 1. The van der Waals surface area contributed by atoms with Gasteiger partial charge in [0.05, 0.1) is 14.2 Å². The summed E-state index contributed by atoms with van der Waals surface area (Å²) in [5, 5.41) is 0. The molecule has 0 aliphatic heterocycles. The van der Waals surface area contributed by atoms with Crippen molar-refractivity contribution in [3.05, 3.63) is 0 Å². The van der Waals surface area contributed by atoms with Gasteiger partial charge in [-0.3, -0.25) is 9.59 Å². The van der Waals surface area contributed by atoms with Crippen LogP contribution in [0, 0.1) is 11.3 Å². The van der Waals surface area contributed by atoms with Gasteiger partial charge in [-0.25, -0.2) is 0 Å². The molecule has 1 atom stereocenters. The molecule has 1 aliphatic rings. The summed E-state index contributed by atoms with van der Waals surface area (Å²) in [5.41, 5.74) is -1.12. The van der Waals surface area contributed by atoms with E-state index in [1.54, 1.807) is 0 Å². The summed E-state index contributed by atoms with van der Waals surface area (Å²) in [6, 6.07) is 0. The lowest BCUT2D eigenvalue weighted by Crippen LogP contribution is -2.39. The maximum Gasteiger partial charge on any atom is 0.323 e. The van der Waals surface area contributed by atoms with E-state index in [0.717, 1.165) is 6.42 Å². The Morgan fingerprint density at radius 1 is 1.33 bits per heavy atom. The molecule has 1 fully saturated rings. The highest BCUT2D eigenvalue weighted by Crippen LogP contribution is 2.44. The summed E-state index contributed by atoms with van der Waals surface area (Å²) in [6.45, 7) is 0. The topological polar surface area (TPSA) is 52.6 Å². The van der Waals surface area contributed by atoms with E-state index in [9.17, 15) is 9.59 Å². The van der Waals surface area contributed by atoms with Crippen molar-refractivity contribution in [2.24, 2.45) is 11.3 Å². The second-order valence-corrected chi connectivity index (χ2v) is 4.14. The molecule has 0 radical (unpaired) electrons. The Hall–Kier alpha value is -0.770. The first-order valence-corrected chi connectivity index (χ1v) is 5.37. The first-order valence-electron chi connectivity index (χ1n) is 4.83. The third-order valence-electron chi connectivity index (χ3n) is 2.99. The molecule has 5 heteroatoms. The third kappa shape index (κ3) is 2.09. The molecule has 1 unspecified atom stereocenters. The predicted molar refractivity (Wildman–Crippen MR) is 54.5 cm³/mol. The molecular formula is C10H15ClO4. The molecule has 4 nitrogen and oxygen atoms in total. The molecular weight excluding hydrogens is 220 g/mol. The summed E-state index contributed by atoms with van der Waals surface area (Å²) in [4.78, 5) is 23.3. The average Bonchev–Trinajstić information content (AvgIpc) is 2.72. The van der Waals surface area contributed by atoms with Gasteiger partial charge in [0, 0.05) is 5.88 Å². The van der Waals surface area contributed by atoms with E-state index < -0.39 is 17.4 Å². The van der Waals surface area contributed by atoms with Gasteiger partial charge in [0.1, 0.15) is 0 Å². The van der Waals surface area contributed by atoms with Crippen LogP contribution >= 0.6 is 11.6 Å². The lowest BCUT2D eigenvalue weighted by molar-refractivity contribution is -0.168. The molecule has 1 rings (SSSR count). The van der Waals surface area contributed by atoms with Gasteiger partial charge in [0.2, 0.25) is 0 Å². The molecule has 15 heavy (non-hydrogen) atoms. The highest BCUT2D eigenvalue weighted by molar-refractivity contribution is 6.18. The lowest BCUT2D eigenvalue weighted by Gasteiger charge is -2.22. The van der Waals surface area contributed by atoms with Crippen LogP contribution in [0.5, 0.6) is 0 Å². The Morgan fingerprint density at radius 3 is 2.20 bits per heavy atom. The molecule has 0 aromatic rings. The zero-order valence-corrected chi connectivity index (χ0v) is 9.67. The number of methoxy groups -OCH3 is 2. The van der Waals surface area contributed by atoms with Gasteiger partial charge in [0.25, 0.3) is 0 Å². The SMILES string of the molecule is COC(=O)C1(C(=O)OC)CCC(CCl)C1. The predicted octanol–water partition coefficient (Wildman–Crippen LogP) is 1.36. The van der Waals surface area contributed by atoms with E-state index in [1.165, 1.54) is 14.2 Å². The molecule has 1 saturated carbocycles. The van der Waals surface area contributed by atoms with Crippen molar-refractivity contribution in [2.45, 2.75) is 19.3 Å². The Balaban J connectivity index is 2.89. The summed E-state index contributed by atoms with van der Waals surface area (Å²) < 4.78 is 9.34. The van der Waals surface area contributed by atoms with Crippen LogP contribution in [0.1, 0.15) is 19.3 Å². The van der Waals surface area contributed by atoms with Gasteiger partial charge in [0.15, 0.2) is 5.41 Å². The standard InChI is InChI=1S/C10H15ClO4/c1-14-8(12)10(9(13)15-2)4-3-7(5-10)6-11/h7H,3-6H2,1-2H3. The molecule has 0 aromatic heterocycles. The molecule has 0 saturated heterocycles. The molecule has 0 N–H and O–H groups in total. The maximum absolute atomic E-state index is 11.6. The van der Waals surface area contributed by atoms with E-state index in [4.69, 9.17) is 11.6 Å². The zero-order valence-electron chi connectivity index (χ0n) is 8.92. The normalized spacial score (nSPS) is 23.5. The highest BCUT2D eigenvalue weighted by Gasteiger charge is 2.53. The lowest BCUT2D eigenvalue weighted by atomic mass is 9.85. The fraction of sp³-hybridized carbons (Fsp3) is 0.800. The Kier molecular flexibility index (Phi) is 3.97. The van der Waals surface area contributed by atoms with Gasteiger partial charge in [-0.1, -0.05) is 0 Å². The van der Waals surface area contributed by atoms with Gasteiger partial charge in [-0.2, -0.15) is 0 Å². The zero-order chi connectivity index (χ0) is 11.5. The van der Waals surface area contributed by atoms with Gasteiger partial charge in [-0.05, 0) is 25.2 Å². The van der Waals surface area contributed by atoms with Crippen molar-refractivity contribution in [2.75, 3.05) is 20.1 Å². The van der Waals surface area contributed by atoms with E-state index in [-0.39, 0.29) is 5.92 Å². The summed E-state index contributed by atoms with van der Waals surface area (Å²) >= 11 is 5.73. The van der Waals surface area contributed by atoms with Crippen LogP contribution in [0.4, 0.5) is 0 Å². The van der Waals surface area contributed by atoms with Crippen molar-refractivity contribution < 1.29 is 19.1 Å². The van der Waals surface area contributed by atoms with Crippen LogP contribution in [0.2, 0.25) is 0 Å². The largest absolute Gasteiger partial charge is 0.468 e. The van der Waals surface area contributed by atoms with Crippen molar-refractivity contribution in [1.82, 2.24) is 0 Å². The van der Waals surface area contributed by atoms with Crippen molar-refractivity contribution in [3.63, 3.8) is 0 Å². The monoisotopic (exact) mass is 234 g/mol. The van der Waals surface area contributed by atoms with E-state index in [1.807, 2.05) is 0 Å². The van der Waals surface area contributed by atoms with Crippen molar-refractivity contribution in [1.29, 1.82) is 0 Å². The number of hydrogen-bond acceptors (Lipinski definition) is 4. The summed E-state index contributed by atoms with van der Waals surface area (Å²) in [5.74, 6) is -0.385. The molecule has 0 amide bonds. The maximum atomic E-state index is 11.6. The molecule has 0 spiro atoms. The number of carbonyl (C=O) groups excluding carboxylic acids is 2. The summed E-state index contributed by atoms with van der Waals surface area (Å²) in [6.07, 6.45) is 1.65. The smallest absolute Gasteiger partial charge is 0.323 e. The van der Waals surface area contributed by atoms with Crippen LogP contribution in [0.3, 0.4) is 0 Å². The van der Waals surface area contributed by atoms with E-state index >= 15 is 0 Å². The molecule has 0 bridgehead atoms. The number of alkyl halides is 1. The Bertz CT molecular complexity index is 248. The number of rotatable bonds is 3. The summed E-state index contributed by atoms with van der Waals surface area (Å²) in [7, 11) is 2.56. The van der Waals surface area contributed by atoms with Crippen molar-refractivity contribution in [3.8, 4) is 0 Å². The Morgan fingerprint density at radius 2 is 1.87 bits per heavy atom. The Labute approximate surface area is 93.9 Å². The minimum atomic E-state index is -1.12. The van der Waals surface area contributed by atoms with Crippen LogP contribution in [0.25, 0.3) is 0 Å². The fourth-order valence-corrected chi connectivity index (χ4v) is 2.39. The van der Waals surface area contributed by atoms with E-state index in [0.29, 0.717) is 18.7 Å². The number of esters is 2. The second-order valence-electron chi connectivity index (χ2n) is 3.83. The van der Waals surface area contributed by atoms with E-state index in [2.05, 4.69) is 9.47 Å². The quantitative estimate of drug-likeness (QED) is 0.420. The first-order chi connectivity index (χ1) is 7.10. The van der Waals surface area contributed by atoms with Crippen LogP contribution in [-0.2, 0) is 19.1 Å². The minimum Gasteiger partial charge on any atom is -0.468 e. The number of ether oxygens (including phenoxy) is 2. The highest BCUT2D eigenvalue weighted by atomic mass is 35.5. The van der Waals surface area contributed by atoms with Gasteiger partial charge in [-0.15, -0.1) is 11.6 Å². The number of hydrogen-bond donors (Lipinski definition) is 0. The molecule has 0 aromatic carbocycles. The molecule has 1 aliphatic carbocycles. The minimum absolute atomic E-state index is 0.185. The van der Waals surface area contributed by atoms with Crippen LogP contribution in [-0.4, -0.2) is 32.0 Å². The van der Waals surface area contributed by atoms with Crippen molar-refractivity contribution >= 4 is 23.5 Å². The van der Waals surface area contributed by atoms with Crippen LogP contribution < -0.4 is 0 Å². The third-order valence-corrected chi connectivity index (χ3v) is 3.42.